The Hall–Kier alpha value is -5.74. The fourth-order valence-corrected chi connectivity index (χ4v) is 2.13. The highest BCUT2D eigenvalue weighted by Crippen LogP contribution is 1.97. The molecule has 370 valence electrons. The van der Waals surface area contributed by atoms with Crippen LogP contribution in [-0.4, -0.2) is 173 Å². The van der Waals surface area contributed by atoms with Crippen LogP contribution in [-0.2, 0) is 72.2 Å². The number of rotatable bonds is 16. The predicted molar refractivity (Wildman–Crippen MR) is 209 cm³/mol. The second-order valence-electron chi connectivity index (χ2n) is 9.07. The fourth-order valence-electron chi connectivity index (χ4n) is 1.57. The first-order valence-corrected chi connectivity index (χ1v) is 18.4. The number of nitrogens with one attached hydrogen (secondary N) is 4. The molecular formula is C28H50Cl3N5O26S. The van der Waals surface area contributed by atoms with Crippen molar-refractivity contribution >= 4 is 115 Å². The zero-order chi connectivity index (χ0) is 51.6. The number of carboxylic acids is 3. The highest BCUT2D eigenvalue weighted by molar-refractivity contribution is 7.85. The number of nitrogens with two attached hydrogens (primary N) is 1. The van der Waals surface area contributed by atoms with Crippen LogP contribution in [0.5, 0.6) is 0 Å². The Kier molecular flexibility index (Phi) is 64.3. The molecule has 0 aromatic carbocycles. The highest BCUT2D eigenvalue weighted by atomic mass is 35.5. The lowest BCUT2D eigenvalue weighted by molar-refractivity contribution is -0.141. The van der Waals surface area contributed by atoms with E-state index < -0.39 is 87.7 Å². The first-order valence-electron chi connectivity index (χ1n) is 15.6. The Morgan fingerprint density at radius 1 is 0.571 bits per heavy atom. The first-order chi connectivity index (χ1) is 28.8. The summed E-state index contributed by atoms with van der Waals surface area (Å²) in [6, 6.07) is 0. The molecule has 0 bridgehead atoms. The van der Waals surface area contributed by atoms with Gasteiger partial charge in [-0.05, 0) is 29.6 Å². The van der Waals surface area contributed by atoms with E-state index in [0.717, 1.165) is 6.92 Å². The monoisotopic (exact) mass is 1010 g/mol. The third-order valence-electron chi connectivity index (χ3n) is 3.51. The van der Waals surface area contributed by atoms with Crippen molar-refractivity contribution in [3.05, 3.63) is 0 Å². The lowest BCUT2D eigenvalue weighted by atomic mass is 10.2. The van der Waals surface area contributed by atoms with Gasteiger partial charge in [-0.1, -0.05) is 0 Å². The van der Waals surface area contributed by atoms with Gasteiger partial charge < -0.3 is 81.3 Å². The largest absolute Gasteiger partial charge is 0.510 e. The molecule has 0 aliphatic rings. The minimum Gasteiger partial charge on any atom is -0.481 e. The van der Waals surface area contributed by atoms with Crippen molar-refractivity contribution in [1.82, 2.24) is 21.3 Å². The van der Waals surface area contributed by atoms with Crippen molar-refractivity contribution < 1.29 is 125 Å². The molecule has 0 aliphatic heterocycles. The number of ketones is 1. The van der Waals surface area contributed by atoms with Crippen LogP contribution in [0.4, 0.5) is 19.2 Å². The zero-order valence-electron chi connectivity index (χ0n) is 33.8. The van der Waals surface area contributed by atoms with Gasteiger partial charge in [0.1, 0.15) is 13.3 Å². The fraction of sp³-hybridized carbons (Fsp3) is 0.571. The molecular weight excluding hydrogens is 961 g/mol. The molecule has 0 saturated heterocycles. The number of halogens is 3. The molecule has 0 aromatic heterocycles. The van der Waals surface area contributed by atoms with Crippen LogP contribution in [0.1, 0.15) is 47.5 Å². The molecule has 31 nitrogen and oxygen atoms in total. The molecule has 0 heterocycles. The quantitative estimate of drug-likeness (QED) is 0.0260. The van der Waals surface area contributed by atoms with Crippen molar-refractivity contribution in [2.45, 2.75) is 47.5 Å². The van der Waals surface area contributed by atoms with E-state index in [9.17, 15) is 51.6 Å². The maximum atomic E-state index is 11.1. The molecule has 0 rings (SSSR count). The van der Waals surface area contributed by atoms with E-state index in [1.807, 2.05) is 0 Å². The van der Waals surface area contributed by atoms with Crippen molar-refractivity contribution in [3.63, 3.8) is 0 Å². The average molecular weight is 1010 g/mol. The standard InChI is InChI=1S/C9H15NO8S.C6H9NO6.C4H6ClNO3.C3H7NO2.C2H4O3.C2H4O2.CCl2O.CH5NO/c1-7(11)10-6-18-9(13)17-5-8(12)3-2-4-19(14,15)16;1-4(8)7-3-13-6(11)12-2-5(9)10;1-3(7)6-2-9-4(5)8;1-3(6)4-2-5;3-1-2(4)5;1-2(3)4;2-1(3)4;2-1-3/h2-6H2,1H3,(H,10,11)(H,14,15,16);2-3H2,1H3,(H,7,8)(H,9,10);2H2,1H3,(H,6,7);5H,2H2,1H3,(H,4,6);3H,1H2,(H,4,5);1H3,(H,3,4);;3H,1-2H2. The number of aliphatic hydroxyl groups is 3. The van der Waals surface area contributed by atoms with Crippen LogP contribution in [0.15, 0.2) is 0 Å². The van der Waals surface area contributed by atoms with E-state index in [1.165, 1.54) is 27.7 Å². The second kappa shape index (κ2) is 54.3. The van der Waals surface area contributed by atoms with Crippen LogP contribution in [0, 0.1) is 0 Å². The van der Waals surface area contributed by atoms with Gasteiger partial charge in [0.15, 0.2) is 39.2 Å². The highest BCUT2D eigenvalue weighted by Gasteiger charge is 2.11. The summed E-state index contributed by atoms with van der Waals surface area (Å²) < 4.78 is 49.5. The van der Waals surface area contributed by atoms with Crippen molar-refractivity contribution in [1.29, 1.82) is 0 Å². The van der Waals surface area contributed by atoms with Crippen molar-refractivity contribution in [3.8, 4) is 0 Å². The molecule has 0 aliphatic carbocycles. The van der Waals surface area contributed by atoms with Gasteiger partial charge in [0.25, 0.3) is 16.1 Å². The average Bonchev–Trinajstić information content (AvgIpc) is 3.09. The van der Waals surface area contributed by atoms with E-state index in [1.54, 1.807) is 0 Å². The maximum Gasteiger partial charge on any atom is 0.510 e. The Balaban J connectivity index is -0.0000000998. The molecule has 4 amide bonds. The molecule has 0 spiro atoms. The van der Waals surface area contributed by atoms with Crippen LogP contribution in [0.3, 0.4) is 0 Å². The lowest BCUT2D eigenvalue weighted by Gasteiger charge is -2.05. The SMILES string of the molecule is CC(=O)NCO.CC(=O)NCOC(=O)Cl.CC(=O)NCOC(=O)OCC(=O)CCCS(=O)(=O)O.CC(=O)NCOC(=O)OCC(=O)O.CC(=O)O.NCO.O=C(Cl)Cl.O=C(O)CO. The number of aliphatic hydroxyl groups excluding tert-OH is 3. The molecule has 35 heteroatoms. The summed E-state index contributed by atoms with van der Waals surface area (Å²) in [5.74, 6) is -5.60. The lowest BCUT2D eigenvalue weighted by Crippen LogP contribution is -2.26. The summed E-state index contributed by atoms with van der Waals surface area (Å²) in [5, 5.41) is 54.4. The van der Waals surface area contributed by atoms with Gasteiger partial charge in [0.2, 0.25) is 23.6 Å². The Labute approximate surface area is 372 Å². The molecule has 63 heavy (non-hydrogen) atoms. The van der Waals surface area contributed by atoms with Gasteiger partial charge in [-0.25, -0.2) is 24.0 Å². The number of hydrogen-bond acceptors (Lipinski definition) is 23. The number of hydrogen-bond donors (Lipinski definition) is 12. The molecule has 0 atom stereocenters. The van der Waals surface area contributed by atoms with Gasteiger partial charge in [0.05, 0.1) is 12.5 Å². The summed E-state index contributed by atoms with van der Waals surface area (Å²) in [7, 11) is -4.10. The van der Waals surface area contributed by atoms with E-state index in [-0.39, 0.29) is 64.2 Å². The van der Waals surface area contributed by atoms with Crippen molar-refractivity contribution in [2.75, 3.05) is 59.2 Å². The number of ether oxygens (including phenoxy) is 5. The summed E-state index contributed by atoms with van der Waals surface area (Å²) in [4.78, 5) is 120. The van der Waals surface area contributed by atoms with Crippen LogP contribution in [0.25, 0.3) is 0 Å². The van der Waals surface area contributed by atoms with Crippen molar-refractivity contribution in [2.24, 2.45) is 5.73 Å². The van der Waals surface area contributed by atoms with Crippen LogP contribution < -0.4 is 27.0 Å². The number of amides is 4. The summed E-state index contributed by atoms with van der Waals surface area (Å²) in [6.07, 6.45) is -2.49. The van der Waals surface area contributed by atoms with Crippen LogP contribution >= 0.6 is 34.8 Å². The molecule has 0 radical (unpaired) electrons. The Morgan fingerprint density at radius 3 is 1.10 bits per heavy atom. The molecule has 0 unspecified atom stereocenters. The third kappa shape index (κ3) is 141. The Morgan fingerprint density at radius 2 is 0.873 bits per heavy atom. The second-order valence-corrected chi connectivity index (χ2v) is 11.8. The third-order valence-corrected chi connectivity index (χ3v) is 4.43. The normalized spacial score (nSPS) is 8.59. The number of carbonyl (C=O) groups excluding carboxylic acids is 9. The van der Waals surface area contributed by atoms with E-state index in [2.05, 4.69) is 73.9 Å². The smallest absolute Gasteiger partial charge is 0.481 e. The molecule has 0 aromatic rings. The number of Topliss-reactive ketones (excluding diaryl/α,β-unsaturated/α-hetero) is 1. The molecule has 0 fully saturated rings. The number of aliphatic carboxylic acids is 3. The van der Waals surface area contributed by atoms with Gasteiger partial charge >= 0.3 is 34.4 Å². The minimum absolute atomic E-state index is 0.0675. The van der Waals surface area contributed by atoms with Gasteiger partial charge in [-0.3, -0.25) is 38.1 Å². The molecule has 0 saturated carbocycles. The van der Waals surface area contributed by atoms with E-state index in [4.69, 9.17) is 61.2 Å². The minimum atomic E-state index is -4.10. The summed E-state index contributed by atoms with van der Waals surface area (Å²) in [5.41, 5.74) is 3.48. The maximum absolute atomic E-state index is 11.1. The van der Waals surface area contributed by atoms with Gasteiger partial charge in [0, 0.05) is 52.6 Å². The Bertz CT molecular complexity index is 1440. The zero-order valence-corrected chi connectivity index (χ0v) is 36.9. The van der Waals surface area contributed by atoms with E-state index in [0.29, 0.717) is 0 Å². The summed E-state index contributed by atoms with van der Waals surface area (Å²) in [6.45, 7) is 2.70. The summed E-state index contributed by atoms with van der Waals surface area (Å²) >= 11 is 13.6. The number of carboxylic acid groups (broad SMARTS) is 3. The number of carbonyl (C=O) groups is 12. The van der Waals surface area contributed by atoms with E-state index >= 15 is 0 Å². The van der Waals surface area contributed by atoms with Gasteiger partial charge in [-0.15, -0.1) is 0 Å². The predicted octanol–water partition coefficient (Wildman–Crippen LogP) is -2.05. The van der Waals surface area contributed by atoms with Crippen LogP contribution in [0.2, 0.25) is 0 Å². The topological polar surface area (TPSA) is 501 Å². The van der Waals surface area contributed by atoms with Gasteiger partial charge in [-0.2, -0.15) is 8.42 Å². The first kappa shape index (κ1) is 74.7. The molecule has 13 N–H and O–H groups in total.